The molecule has 0 spiro atoms. The Morgan fingerprint density at radius 1 is 1.29 bits per heavy atom. The van der Waals surface area contributed by atoms with Crippen LogP contribution in [-0.2, 0) is 16.1 Å². The number of carbonyl (C=O) groups excluding carboxylic acids is 1. The van der Waals surface area contributed by atoms with E-state index in [4.69, 9.17) is 0 Å². The summed E-state index contributed by atoms with van der Waals surface area (Å²) in [7, 11) is 0. The van der Waals surface area contributed by atoms with Gasteiger partial charge in [0.05, 0.1) is 4.92 Å². The number of nitro benzene ring substituents is 1. The number of aryl methyl sites for hydroxylation is 1. The van der Waals surface area contributed by atoms with Crippen molar-refractivity contribution in [2.24, 2.45) is 0 Å². The van der Waals surface area contributed by atoms with E-state index in [0.717, 1.165) is 18.2 Å². The molecule has 0 N–H and O–H groups in total. The summed E-state index contributed by atoms with van der Waals surface area (Å²) in [4.78, 5) is 20.6. The van der Waals surface area contributed by atoms with E-state index in [1.165, 1.54) is 6.92 Å². The molecule has 116 valence electrons. The Morgan fingerprint density at radius 3 is 2.29 bits per heavy atom. The van der Waals surface area contributed by atoms with Gasteiger partial charge in [-0.25, -0.2) is 4.79 Å². The Hall–Kier alpha value is -2.26. The van der Waals surface area contributed by atoms with Crippen molar-refractivity contribution in [1.82, 2.24) is 0 Å². The molecule has 0 saturated carbocycles. The SMILES string of the molecule is Cc1cc(COC(=O)C(F)(F)C(F)(F)F)ccc1[N+](=O)[O-]. The third kappa shape index (κ3) is 3.64. The molecule has 10 heteroatoms. The van der Waals surface area contributed by atoms with Gasteiger partial charge in [-0.15, -0.1) is 0 Å². The molecule has 0 unspecified atom stereocenters. The molecule has 5 nitrogen and oxygen atoms in total. The van der Waals surface area contributed by atoms with E-state index >= 15 is 0 Å². The maximum absolute atomic E-state index is 12.6. The molecule has 0 aliphatic rings. The third-order valence-electron chi connectivity index (χ3n) is 2.44. The molecule has 0 atom stereocenters. The third-order valence-corrected chi connectivity index (χ3v) is 2.44. The Bertz CT molecular complexity index is 570. The topological polar surface area (TPSA) is 69.4 Å². The minimum absolute atomic E-state index is 0.0458. The molecule has 1 aromatic rings. The van der Waals surface area contributed by atoms with Crippen LogP contribution in [-0.4, -0.2) is 23.0 Å². The van der Waals surface area contributed by atoms with E-state index in [1.807, 2.05) is 0 Å². The van der Waals surface area contributed by atoms with Crippen molar-refractivity contribution in [2.45, 2.75) is 25.6 Å². The highest BCUT2D eigenvalue weighted by Crippen LogP contribution is 2.36. The summed E-state index contributed by atoms with van der Waals surface area (Å²) in [5, 5.41) is 10.5. The molecule has 1 rings (SSSR count). The molecular formula is C11H8F5NO4. The smallest absolute Gasteiger partial charge is 0.456 e. The molecule has 21 heavy (non-hydrogen) atoms. The Labute approximate surface area is 114 Å². The monoisotopic (exact) mass is 313 g/mol. The van der Waals surface area contributed by atoms with Crippen LogP contribution < -0.4 is 0 Å². The molecule has 0 aliphatic carbocycles. The second-order valence-electron chi connectivity index (χ2n) is 4.03. The van der Waals surface area contributed by atoms with Gasteiger partial charge in [0.15, 0.2) is 0 Å². The van der Waals surface area contributed by atoms with E-state index in [1.54, 1.807) is 0 Å². The number of hydrogen-bond acceptors (Lipinski definition) is 4. The molecule has 1 aromatic carbocycles. The standard InChI is InChI=1S/C11H8F5NO4/c1-6-4-7(2-3-8(6)17(19)20)5-21-9(18)10(12,13)11(14,15)16/h2-4H,5H2,1H3. The van der Waals surface area contributed by atoms with Crippen LogP contribution >= 0.6 is 0 Å². The number of nitro groups is 1. The zero-order valence-corrected chi connectivity index (χ0v) is 10.4. The molecule has 0 saturated heterocycles. The number of ether oxygens (including phenoxy) is 1. The highest BCUT2D eigenvalue weighted by Gasteiger charge is 2.64. The lowest BCUT2D eigenvalue weighted by Gasteiger charge is -2.17. The number of carbonyl (C=O) groups is 1. The Morgan fingerprint density at radius 2 is 1.86 bits per heavy atom. The molecule has 0 radical (unpaired) electrons. The maximum atomic E-state index is 12.6. The number of nitrogens with zero attached hydrogens (tertiary/aromatic N) is 1. The van der Waals surface area contributed by atoms with Crippen molar-refractivity contribution in [2.75, 3.05) is 0 Å². The number of hydrogen-bond donors (Lipinski definition) is 0. The van der Waals surface area contributed by atoms with Crippen LogP contribution in [0.15, 0.2) is 18.2 Å². The number of esters is 1. The van der Waals surface area contributed by atoms with Gasteiger partial charge in [-0.05, 0) is 24.6 Å². The highest BCUT2D eigenvalue weighted by molar-refractivity contribution is 5.78. The second-order valence-corrected chi connectivity index (χ2v) is 4.03. The fraction of sp³-hybridized carbons (Fsp3) is 0.364. The normalized spacial score (nSPS) is 12.1. The highest BCUT2D eigenvalue weighted by atomic mass is 19.4. The van der Waals surface area contributed by atoms with Gasteiger partial charge in [0.1, 0.15) is 6.61 Å². The minimum Gasteiger partial charge on any atom is -0.456 e. The largest absolute Gasteiger partial charge is 0.465 e. The van der Waals surface area contributed by atoms with Crippen molar-refractivity contribution in [1.29, 1.82) is 0 Å². The zero-order valence-electron chi connectivity index (χ0n) is 10.4. The summed E-state index contributed by atoms with van der Waals surface area (Å²) in [6.07, 6.45) is -6.05. The summed E-state index contributed by atoms with van der Waals surface area (Å²) in [5.74, 6) is -8.34. The van der Waals surface area contributed by atoms with Crippen molar-refractivity contribution in [3.63, 3.8) is 0 Å². The fourth-order valence-electron chi connectivity index (χ4n) is 1.37. The van der Waals surface area contributed by atoms with E-state index < -0.39 is 29.6 Å². The lowest BCUT2D eigenvalue weighted by atomic mass is 10.1. The minimum atomic E-state index is -6.05. The van der Waals surface area contributed by atoms with Crippen molar-refractivity contribution in [3.05, 3.63) is 39.4 Å². The summed E-state index contributed by atoms with van der Waals surface area (Å²) < 4.78 is 64.7. The number of halogens is 5. The Balaban J connectivity index is 2.79. The average molecular weight is 313 g/mol. The van der Waals surface area contributed by atoms with Crippen LogP contribution in [0.1, 0.15) is 11.1 Å². The zero-order chi connectivity index (χ0) is 16.4. The maximum Gasteiger partial charge on any atom is 0.465 e. The summed E-state index contributed by atoms with van der Waals surface area (Å²) in [6.45, 7) is 0.483. The molecule has 0 bridgehead atoms. The molecule has 0 aromatic heterocycles. The van der Waals surface area contributed by atoms with E-state index in [0.29, 0.717) is 0 Å². The van der Waals surface area contributed by atoms with Gasteiger partial charge in [-0.3, -0.25) is 10.1 Å². The van der Waals surface area contributed by atoms with Crippen LogP contribution in [0.2, 0.25) is 0 Å². The van der Waals surface area contributed by atoms with Crippen LogP contribution in [0.25, 0.3) is 0 Å². The van der Waals surface area contributed by atoms with Gasteiger partial charge < -0.3 is 4.74 Å². The number of alkyl halides is 5. The molecule has 0 fully saturated rings. The predicted octanol–water partition coefficient (Wildman–Crippen LogP) is 3.14. The predicted molar refractivity (Wildman–Crippen MR) is 58.6 cm³/mol. The first-order valence-corrected chi connectivity index (χ1v) is 5.32. The van der Waals surface area contributed by atoms with Gasteiger partial charge in [0.2, 0.25) is 0 Å². The molecule has 0 amide bonds. The van der Waals surface area contributed by atoms with Crippen molar-refractivity contribution >= 4 is 11.7 Å². The van der Waals surface area contributed by atoms with E-state index in [2.05, 4.69) is 4.74 Å². The first-order valence-electron chi connectivity index (χ1n) is 5.32. The quantitative estimate of drug-likeness (QED) is 0.370. The number of rotatable bonds is 4. The fourth-order valence-corrected chi connectivity index (χ4v) is 1.37. The average Bonchev–Trinajstić information content (AvgIpc) is 2.33. The van der Waals surface area contributed by atoms with Crippen LogP contribution in [0.5, 0.6) is 0 Å². The van der Waals surface area contributed by atoms with Gasteiger partial charge >= 0.3 is 18.1 Å². The molecule has 0 aliphatic heterocycles. The van der Waals surface area contributed by atoms with Gasteiger partial charge in [0, 0.05) is 11.6 Å². The van der Waals surface area contributed by atoms with Gasteiger partial charge in [-0.2, -0.15) is 22.0 Å². The first kappa shape index (κ1) is 16.8. The lowest BCUT2D eigenvalue weighted by Crippen LogP contribution is -2.45. The molecular weight excluding hydrogens is 305 g/mol. The van der Waals surface area contributed by atoms with Crippen molar-refractivity contribution < 1.29 is 36.4 Å². The summed E-state index contributed by atoms with van der Waals surface area (Å²) in [6, 6.07) is 3.27. The van der Waals surface area contributed by atoms with Crippen LogP contribution in [0.3, 0.4) is 0 Å². The van der Waals surface area contributed by atoms with Gasteiger partial charge in [-0.1, -0.05) is 0 Å². The first-order chi connectivity index (χ1) is 9.46. The second kappa shape index (κ2) is 5.62. The Kier molecular flexibility index (Phi) is 4.49. The van der Waals surface area contributed by atoms with Gasteiger partial charge in [0.25, 0.3) is 5.69 Å². The van der Waals surface area contributed by atoms with Crippen LogP contribution in [0.4, 0.5) is 27.6 Å². The van der Waals surface area contributed by atoms with Crippen molar-refractivity contribution in [3.8, 4) is 0 Å². The number of benzene rings is 1. The van der Waals surface area contributed by atoms with E-state index in [-0.39, 0.29) is 16.8 Å². The summed E-state index contributed by atoms with van der Waals surface area (Å²) in [5.41, 5.74) is -0.0637. The lowest BCUT2D eigenvalue weighted by molar-refractivity contribution is -0.385. The van der Waals surface area contributed by atoms with E-state index in [9.17, 15) is 36.9 Å². The summed E-state index contributed by atoms with van der Waals surface area (Å²) >= 11 is 0. The molecule has 0 heterocycles. The van der Waals surface area contributed by atoms with Crippen LogP contribution in [0, 0.1) is 17.0 Å².